The van der Waals surface area contributed by atoms with E-state index >= 15 is 0 Å². The molecule has 0 bridgehead atoms. The Bertz CT molecular complexity index is 333. The molecule has 0 amide bonds. The Balaban J connectivity index is 1.93. The van der Waals surface area contributed by atoms with Gasteiger partial charge in [-0.2, -0.15) is 0 Å². The predicted octanol–water partition coefficient (Wildman–Crippen LogP) is 2.81. The van der Waals surface area contributed by atoms with Gasteiger partial charge in [0.15, 0.2) is 11.6 Å². The molecule has 0 aromatic heterocycles. The highest BCUT2D eigenvalue weighted by atomic mass is 127. The smallest absolute Gasteiger partial charge is 0.168 e. The van der Waals surface area contributed by atoms with E-state index < -0.39 is 0 Å². The van der Waals surface area contributed by atoms with Crippen molar-refractivity contribution in [2.75, 3.05) is 19.7 Å². The van der Waals surface area contributed by atoms with E-state index in [-0.39, 0.29) is 5.82 Å². The lowest BCUT2D eigenvalue weighted by Crippen LogP contribution is -2.30. The third-order valence-electron chi connectivity index (χ3n) is 2.84. The van der Waals surface area contributed by atoms with E-state index in [9.17, 15) is 4.39 Å². The molecule has 2 rings (SSSR count). The van der Waals surface area contributed by atoms with Gasteiger partial charge in [-0.15, -0.1) is 0 Å². The lowest BCUT2D eigenvalue weighted by molar-refractivity contribution is 0.207. The number of nitrogens with one attached hydrogen (secondary N) is 1. The molecule has 2 nitrogen and oxygen atoms in total. The van der Waals surface area contributed by atoms with Crippen molar-refractivity contribution in [3.8, 4) is 5.75 Å². The van der Waals surface area contributed by atoms with E-state index in [1.54, 1.807) is 6.07 Å². The van der Waals surface area contributed by atoms with Gasteiger partial charge in [-0.05, 0) is 66.6 Å². The van der Waals surface area contributed by atoms with E-state index in [0.29, 0.717) is 18.3 Å². The maximum absolute atomic E-state index is 13.5. The van der Waals surface area contributed by atoms with Crippen molar-refractivity contribution < 1.29 is 9.13 Å². The van der Waals surface area contributed by atoms with Gasteiger partial charge >= 0.3 is 0 Å². The van der Waals surface area contributed by atoms with Gasteiger partial charge in [0, 0.05) is 0 Å². The van der Waals surface area contributed by atoms with Gasteiger partial charge in [0.25, 0.3) is 0 Å². The molecule has 0 unspecified atom stereocenters. The Morgan fingerprint density at radius 1 is 1.38 bits per heavy atom. The molecule has 1 aromatic rings. The van der Waals surface area contributed by atoms with Crippen LogP contribution in [0.1, 0.15) is 12.8 Å². The standard InChI is InChI=1S/C12H15FINO/c13-10-2-1-3-11(14)12(10)16-8-9-4-6-15-7-5-9/h1-3,9,15H,4-8H2. The summed E-state index contributed by atoms with van der Waals surface area (Å²) >= 11 is 2.10. The summed E-state index contributed by atoms with van der Waals surface area (Å²) in [6, 6.07) is 5.01. The fraction of sp³-hybridized carbons (Fsp3) is 0.500. The van der Waals surface area contributed by atoms with E-state index in [2.05, 4.69) is 27.9 Å². The minimum Gasteiger partial charge on any atom is -0.489 e. The first-order valence-electron chi connectivity index (χ1n) is 5.55. The number of hydrogen-bond donors (Lipinski definition) is 1. The van der Waals surface area contributed by atoms with E-state index in [1.165, 1.54) is 6.07 Å². The summed E-state index contributed by atoms with van der Waals surface area (Å²) in [6.45, 7) is 2.71. The highest BCUT2D eigenvalue weighted by Gasteiger charge is 2.15. The molecule has 0 radical (unpaired) electrons. The molecular weight excluding hydrogens is 320 g/mol. The Morgan fingerprint density at radius 3 is 2.81 bits per heavy atom. The fourth-order valence-electron chi connectivity index (χ4n) is 1.87. The molecule has 1 aliphatic heterocycles. The number of hydrogen-bond acceptors (Lipinski definition) is 2. The molecule has 0 saturated carbocycles. The summed E-state index contributed by atoms with van der Waals surface area (Å²) in [5, 5.41) is 3.30. The van der Waals surface area contributed by atoms with Crippen LogP contribution in [0.5, 0.6) is 5.75 Å². The normalized spacial score (nSPS) is 17.4. The molecule has 1 saturated heterocycles. The molecule has 1 aromatic carbocycles. The first kappa shape index (κ1) is 12.1. The molecule has 1 fully saturated rings. The van der Waals surface area contributed by atoms with Crippen LogP contribution in [0.15, 0.2) is 18.2 Å². The van der Waals surface area contributed by atoms with Crippen LogP contribution in [0, 0.1) is 15.3 Å². The van der Waals surface area contributed by atoms with E-state index in [0.717, 1.165) is 29.5 Å². The van der Waals surface area contributed by atoms with Crippen molar-refractivity contribution in [3.05, 3.63) is 27.6 Å². The first-order chi connectivity index (χ1) is 7.77. The van der Waals surface area contributed by atoms with Crippen molar-refractivity contribution >= 4 is 22.6 Å². The summed E-state index contributed by atoms with van der Waals surface area (Å²) in [5.74, 6) is 0.694. The molecule has 1 heterocycles. The highest BCUT2D eigenvalue weighted by Crippen LogP contribution is 2.25. The third-order valence-corrected chi connectivity index (χ3v) is 3.69. The zero-order valence-corrected chi connectivity index (χ0v) is 11.2. The zero-order valence-electron chi connectivity index (χ0n) is 9.01. The van der Waals surface area contributed by atoms with Crippen LogP contribution in [0.25, 0.3) is 0 Å². The maximum atomic E-state index is 13.5. The van der Waals surface area contributed by atoms with Crippen molar-refractivity contribution in [3.63, 3.8) is 0 Å². The minimum absolute atomic E-state index is 0.263. The van der Waals surface area contributed by atoms with Gasteiger partial charge in [-0.3, -0.25) is 0 Å². The summed E-state index contributed by atoms with van der Waals surface area (Å²) in [4.78, 5) is 0. The van der Waals surface area contributed by atoms with Gasteiger partial charge in [0.2, 0.25) is 0 Å². The van der Waals surface area contributed by atoms with E-state index in [4.69, 9.17) is 4.74 Å². The van der Waals surface area contributed by atoms with Crippen LogP contribution < -0.4 is 10.1 Å². The number of benzene rings is 1. The zero-order chi connectivity index (χ0) is 11.4. The molecule has 88 valence electrons. The number of piperidine rings is 1. The van der Waals surface area contributed by atoms with Gasteiger partial charge in [0.1, 0.15) is 0 Å². The monoisotopic (exact) mass is 335 g/mol. The number of ether oxygens (including phenoxy) is 1. The number of rotatable bonds is 3. The summed E-state index contributed by atoms with van der Waals surface area (Å²) in [5.41, 5.74) is 0. The quantitative estimate of drug-likeness (QED) is 0.858. The second-order valence-electron chi connectivity index (χ2n) is 4.06. The maximum Gasteiger partial charge on any atom is 0.168 e. The number of para-hydroxylation sites is 1. The lowest BCUT2D eigenvalue weighted by atomic mass is 9.99. The van der Waals surface area contributed by atoms with Crippen LogP contribution in [-0.4, -0.2) is 19.7 Å². The Labute approximate surface area is 109 Å². The molecular formula is C12H15FINO. The van der Waals surface area contributed by atoms with Gasteiger partial charge in [0.05, 0.1) is 10.2 Å². The minimum atomic E-state index is -0.263. The lowest BCUT2D eigenvalue weighted by Gasteiger charge is -2.23. The van der Waals surface area contributed by atoms with Crippen LogP contribution in [0.2, 0.25) is 0 Å². The van der Waals surface area contributed by atoms with Crippen LogP contribution >= 0.6 is 22.6 Å². The van der Waals surface area contributed by atoms with Crippen molar-refractivity contribution in [2.45, 2.75) is 12.8 Å². The molecule has 4 heteroatoms. The molecule has 16 heavy (non-hydrogen) atoms. The van der Waals surface area contributed by atoms with Gasteiger partial charge < -0.3 is 10.1 Å². The van der Waals surface area contributed by atoms with Crippen LogP contribution in [0.4, 0.5) is 4.39 Å². The molecule has 1 N–H and O–H groups in total. The van der Waals surface area contributed by atoms with Crippen molar-refractivity contribution in [1.82, 2.24) is 5.32 Å². The third kappa shape index (κ3) is 3.07. The Kier molecular flexibility index (Phi) is 4.40. The Hall–Kier alpha value is -0.360. The van der Waals surface area contributed by atoms with Crippen molar-refractivity contribution in [1.29, 1.82) is 0 Å². The second-order valence-corrected chi connectivity index (χ2v) is 5.22. The fourth-order valence-corrected chi connectivity index (χ4v) is 2.49. The summed E-state index contributed by atoms with van der Waals surface area (Å²) < 4.78 is 19.9. The van der Waals surface area contributed by atoms with Gasteiger partial charge in [-0.25, -0.2) is 4.39 Å². The van der Waals surface area contributed by atoms with Crippen molar-refractivity contribution in [2.24, 2.45) is 5.92 Å². The average Bonchev–Trinajstić information content (AvgIpc) is 2.30. The Morgan fingerprint density at radius 2 is 2.12 bits per heavy atom. The first-order valence-corrected chi connectivity index (χ1v) is 6.63. The average molecular weight is 335 g/mol. The molecule has 0 spiro atoms. The van der Waals surface area contributed by atoms with Crippen LogP contribution in [-0.2, 0) is 0 Å². The second kappa shape index (κ2) is 5.82. The summed E-state index contributed by atoms with van der Waals surface area (Å²) in [7, 11) is 0. The topological polar surface area (TPSA) is 21.3 Å². The van der Waals surface area contributed by atoms with Crippen LogP contribution in [0.3, 0.4) is 0 Å². The highest BCUT2D eigenvalue weighted by molar-refractivity contribution is 14.1. The SMILES string of the molecule is Fc1cccc(I)c1OCC1CCNCC1. The largest absolute Gasteiger partial charge is 0.489 e. The predicted molar refractivity (Wildman–Crippen MR) is 70.2 cm³/mol. The van der Waals surface area contributed by atoms with E-state index in [1.807, 2.05) is 6.07 Å². The molecule has 0 aliphatic carbocycles. The van der Waals surface area contributed by atoms with Gasteiger partial charge in [-0.1, -0.05) is 6.07 Å². The molecule has 1 aliphatic rings. The molecule has 0 atom stereocenters. The summed E-state index contributed by atoms with van der Waals surface area (Å²) in [6.07, 6.45) is 2.23. The number of halogens is 2.